The minimum Gasteiger partial charge on any atom is -0.398 e. The normalized spacial score (nSPS) is 10.7. The number of halogens is 1. The van der Waals surface area contributed by atoms with E-state index in [4.69, 9.17) is 5.73 Å². The minimum atomic E-state index is 0.639. The number of nitrogens with two attached hydrogens (primary N) is 1. The molecule has 0 fully saturated rings. The van der Waals surface area contributed by atoms with Gasteiger partial charge in [0.1, 0.15) is 11.6 Å². The van der Waals surface area contributed by atoms with Gasteiger partial charge in [-0.1, -0.05) is 22.0 Å². The van der Waals surface area contributed by atoms with Gasteiger partial charge in [0.15, 0.2) is 0 Å². The third-order valence-electron chi connectivity index (χ3n) is 2.43. The first-order valence-electron chi connectivity index (χ1n) is 4.99. The second-order valence-corrected chi connectivity index (χ2v) is 4.53. The van der Waals surface area contributed by atoms with E-state index in [1.165, 1.54) is 0 Å². The molecule has 1 heterocycles. The SMILES string of the molecule is Cc1nc(C)n(Cc2c(N)cccc2Br)n1. The number of aromatic nitrogens is 3. The third-order valence-corrected chi connectivity index (χ3v) is 3.17. The lowest BCUT2D eigenvalue weighted by atomic mass is 10.2. The zero-order valence-electron chi connectivity index (χ0n) is 9.24. The Bertz CT molecular complexity index is 498. The molecule has 0 saturated carbocycles. The Morgan fingerprint density at radius 3 is 2.69 bits per heavy atom. The highest BCUT2D eigenvalue weighted by atomic mass is 79.9. The number of benzene rings is 1. The van der Waals surface area contributed by atoms with Gasteiger partial charge in [-0.05, 0) is 26.0 Å². The van der Waals surface area contributed by atoms with Gasteiger partial charge in [-0.15, -0.1) is 0 Å². The van der Waals surface area contributed by atoms with Gasteiger partial charge < -0.3 is 5.73 Å². The van der Waals surface area contributed by atoms with Crippen LogP contribution in [-0.4, -0.2) is 14.8 Å². The van der Waals surface area contributed by atoms with Crippen LogP contribution in [0.3, 0.4) is 0 Å². The Kier molecular flexibility index (Phi) is 2.96. The maximum atomic E-state index is 5.93. The third kappa shape index (κ3) is 2.09. The second-order valence-electron chi connectivity index (χ2n) is 3.67. The molecule has 0 bridgehead atoms. The molecule has 0 amide bonds. The summed E-state index contributed by atoms with van der Waals surface area (Å²) in [5.41, 5.74) is 7.74. The van der Waals surface area contributed by atoms with Crippen molar-refractivity contribution in [3.63, 3.8) is 0 Å². The quantitative estimate of drug-likeness (QED) is 0.859. The van der Waals surface area contributed by atoms with Gasteiger partial charge in [-0.25, -0.2) is 9.67 Å². The second kappa shape index (κ2) is 4.25. The summed E-state index contributed by atoms with van der Waals surface area (Å²) in [6.45, 7) is 4.46. The van der Waals surface area contributed by atoms with Crippen molar-refractivity contribution in [3.8, 4) is 0 Å². The highest BCUT2D eigenvalue weighted by molar-refractivity contribution is 9.10. The number of nitrogen functional groups attached to an aromatic ring is 1. The van der Waals surface area contributed by atoms with Gasteiger partial charge in [-0.2, -0.15) is 5.10 Å². The van der Waals surface area contributed by atoms with Gasteiger partial charge >= 0.3 is 0 Å². The molecule has 0 unspecified atom stereocenters. The number of nitrogens with zero attached hydrogens (tertiary/aromatic N) is 3. The molecule has 0 radical (unpaired) electrons. The van der Waals surface area contributed by atoms with E-state index in [9.17, 15) is 0 Å². The van der Waals surface area contributed by atoms with Crippen LogP contribution >= 0.6 is 15.9 Å². The molecule has 0 saturated heterocycles. The summed E-state index contributed by atoms with van der Waals surface area (Å²) in [6.07, 6.45) is 0. The lowest BCUT2D eigenvalue weighted by Gasteiger charge is -2.08. The van der Waals surface area contributed by atoms with E-state index < -0.39 is 0 Å². The molecule has 5 heteroatoms. The molecule has 0 aliphatic carbocycles. The standard InChI is InChI=1S/C11H13BrN4/c1-7-14-8(2)16(15-7)6-9-10(12)4-3-5-11(9)13/h3-5H,6,13H2,1-2H3. The van der Waals surface area contributed by atoms with Crippen LogP contribution in [0.1, 0.15) is 17.2 Å². The Balaban J connectivity index is 2.37. The van der Waals surface area contributed by atoms with E-state index in [1.54, 1.807) is 0 Å². The van der Waals surface area contributed by atoms with Crippen molar-refractivity contribution in [2.75, 3.05) is 5.73 Å². The minimum absolute atomic E-state index is 0.639. The fraction of sp³-hybridized carbons (Fsp3) is 0.273. The maximum absolute atomic E-state index is 5.93. The lowest BCUT2D eigenvalue weighted by molar-refractivity contribution is 0.656. The van der Waals surface area contributed by atoms with Crippen LogP contribution < -0.4 is 5.73 Å². The van der Waals surface area contributed by atoms with Crippen molar-refractivity contribution < 1.29 is 0 Å². The number of hydrogen-bond acceptors (Lipinski definition) is 3. The van der Waals surface area contributed by atoms with Gasteiger partial charge in [0, 0.05) is 15.7 Å². The highest BCUT2D eigenvalue weighted by Crippen LogP contribution is 2.23. The summed E-state index contributed by atoms with van der Waals surface area (Å²) < 4.78 is 2.85. The molecule has 0 aliphatic heterocycles. The largest absolute Gasteiger partial charge is 0.398 e. The molecule has 2 rings (SSSR count). The Hall–Kier alpha value is -1.36. The molecule has 1 aromatic carbocycles. The van der Waals surface area contributed by atoms with Crippen molar-refractivity contribution in [3.05, 3.63) is 39.9 Å². The van der Waals surface area contributed by atoms with Crippen molar-refractivity contribution >= 4 is 21.6 Å². The molecule has 4 nitrogen and oxygen atoms in total. The molecule has 0 atom stereocenters. The van der Waals surface area contributed by atoms with Crippen molar-refractivity contribution in [1.29, 1.82) is 0 Å². The predicted molar refractivity (Wildman–Crippen MR) is 67.2 cm³/mol. The first-order chi connectivity index (χ1) is 7.58. The Morgan fingerprint density at radius 2 is 2.12 bits per heavy atom. The van der Waals surface area contributed by atoms with Crippen LogP contribution in [0.15, 0.2) is 22.7 Å². The number of anilines is 1. The Labute approximate surface area is 103 Å². The molecule has 0 spiro atoms. The van der Waals surface area contributed by atoms with E-state index >= 15 is 0 Å². The molecule has 84 valence electrons. The fourth-order valence-corrected chi connectivity index (χ4v) is 2.11. The molecular weight excluding hydrogens is 268 g/mol. The summed E-state index contributed by atoms with van der Waals surface area (Å²) in [5.74, 6) is 1.68. The van der Waals surface area contributed by atoms with Gasteiger partial charge in [-0.3, -0.25) is 0 Å². The molecule has 1 aromatic heterocycles. The molecule has 2 N–H and O–H groups in total. The molecule has 0 aliphatic rings. The van der Waals surface area contributed by atoms with Crippen molar-refractivity contribution in [2.24, 2.45) is 0 Å². The zero-order chi connectivity index (χ0) is 11.7. The van der Waals surface area contributed by atoms with E-state index in [1.807, 2.05) is 36.7 Å². The number of rotatable bonds is 2. The van der Waals surface area contributed by atoms with Crippen LogP contribution in [0.4, 0.5) is 5.69 Å². The average molecular weight is 281 g/mol. The summed E-state index contributed by atoms with van der Waals surface area (Å²) >= 11 is 3.49. The molecule has 16 heavy (non-hydrogen) atoms. The number of aryl methyl sites for hydroxylation is 2. The summed E-state index contributed by atoms with van der Waals surface area (Å²) in [7, 11) is 0. The van der Waals surface area contributed by atoms with Crippen LogP contribution in [-0.2, 0) is 6.54 Å². The fourth-order valence-electron chi connectivity index (χ4n) is 1.60. The van der Waals surface area contributed by atoms with E-state index in [0.717, 1.165) is 27.4 Å². The van der Waals surface area contributed by atoms with Crippen LogP contribution in [0, 0.1) is 13.8 Å². The molecule has 2 aromatic rings. The van der Waals surface area contributed by atoms with Gasteiger partial charge in [0.2, 0.25) is 0 Å². The number of hydrogen-bond donors (Lipinski definition) is 1. The van der Waals surface area contributed by atoms with Crippen LogP contribution in [0.2, 0.25) is 0 Å². The first kappa shape index (κ1) is 11.1. The maximum Gasteiger partial charge on any atom is 0.147 e. The summed E-state index contributed by atoms with van der Waals surface area (Å²) in [4.78, 5) is 4.26. The van der Waals surface area contributed by atoms with Gasteiger partial charge in [0.05, 0.1) is 6.54 Å². The van der Waals surface area contributed by atoms with Crippen molar-refractivity contribution in [2.45, 2.75) is 20.4 Å². The Morgan fingerprint density at radius 1 is 1.38 bits per heavy atom. The van der Waals surface area contributed by atoms with Crippen LogP contribution in [0.5, 0.6) is 0 Å². The van der Waals surface area contributed by atoms with E-state index in [2.05, 4.69) is 26.0 Å². The zero-order valence-corrected chi connectivity index (χ0v) is 10.8. The van der Waals surface area contributed by atoms with Gasteiger partial charge in [0.25, 0.3) is 0 Å². The van der Waals surface area contributed by atoms with E-state index in [0.29, 0.717) is 6.54 Å². The average Bonchev–Trinajstić information content (AvgIpc) is 2.51. The lowest BCUT2D eigenvalue weighted by Crippen LogP contribution is -2.07. The van der Waals surface area contributed by atoms with E-state index in [-0.39, 0.29) is 0 Å². The predicted octanol–water partition coefficient (Wildman–Crippen LogP) is 2.29. The summed E-state index contributed by atoms with van der Waals surface area (Å²) in [6, 6.07) is 5.78. The highest BCUT2D eigenvalue weighted by Gasteiger charge is 2.08. The topological polar surface area (TPSA) is 56.7 Å². The van der Waals surface area contributed by atoms with Crippen LogP contribution in [0.25, 0.3) is 0 Å². The first-order valence-corrected chi connectivity index (χ1v) is 5.78. The van der Waals surface area contributed by atoms with Crippen molar-refractivity contribution in [1.82, 2.24) is 14.8 Å². The molecular formula is C11H13BrN4. The summed E-state index contributed by atoms with van der Waals surface area (Å²) in [5, 5.41) is 4.32. The monoisotopic (exact) mass is 280 g/mol. The smallest absolute Gasteiger partial charge is 0.147 e.